The Morgan fingerprint density at radius 2 is 1.97 bits per heavy atom. The molecule has 2 aromatic rings. The molecule has 2 atom stereocenters. The van der Waals surface area contributed by atoms with Crippen LogP contribution in [0.25, 0.3) is 11.1 Å². The highest BCUT2D eigenvalue weighted by Gasteiger charge is 2.23. The maximum atomic E-state index is 11.8. The molecule has 1 saturated carbocycles. The zero-order valence-electron chi connectivity index (χ0n) is 20.9. The van der Waals surface area contributed by atoms with E-state index in [9.17, 15) is 9.90 Å². The number of carbonyl (C=O) groups is 1. The second-order valence-corrected chi connectivity index (χ2v) is 9.07. The second-order valence-electron chi connectivity index (χ2n) is 9.07. The lowest BCUT2D eigenvalue weighted by atomic mass is 9.90. The van der Waals surface area contributed by atoms with Crippen LogP contribution in [-0.2, 0) is 4.79 Å². The van der Waals surface area contributed by atoms with E-state index in [2.05, 4.69) is 27.9 Å². The summed E-state index contributed by atoms with van der Waals surface area (Å²) in [4.78, 5) is 16.0. The summed E-state index contributed by atoms with van der Waals surface area (Å²) in [5, 5.41) is 27.6. The van der Waals surface area contributed by atoms with E-state index in [1.807, 2.05) is 25.2 Å². The molecule has 8 heteroatoms. The molecule has 5 N–H and O–H groups in total. The van der Waals surface area contributed by atoms with Crippen molar-refractivity contribution in [2.45, 2.75) is 76.9 Å². The minimum atomic E-state index is -0.937. The number of fused-ring (bicyclic) bond motifs is 1. The molecule has 2 fully saturated rings. The molecule has 2 heterocycles. The molecule has 4 rings (SSSR count). The zero-order chi connectivity index (χ0) is 24.6. The van der Waals surface area contributed by atoms with E-state index in [0.29, 0.717) is 23.6 Å². The van der Waals surface area contributed by atoms with E-state index in [0.717, 1.165) is 25.9 Å². The summed E-state index contributed by atoms with van der Waals surface area (Å²) in [5.74, 6) is 0.785. The second kappa shape index (κ2) is 16.6. The fourth-order valence-corrected chi connectivity index (χ4v) is 4.07. The number of aliphatic hydroxyl groups excluding tert-OH is 2. The van der Waals surface area contributed by atoms with Crippen LogP contribution in [0.4, 0.5) is 0 Å². The molecule has 34 heavy (non-hydrogen) atoms. The lowest BCUT2D eigenvalue weighted by molar-refractivity contribution is -0.123. The molecule has 1 amide bonds. The van der Waals surface area contributed by atoms with Gasteiger partial charge in [0.05, 0.1) is 12.6 Å². The first kappa shape index (κ1) is 28.2. The number of nitrogens with zero attached hydrogens (tertiary/aromatic N) is 1. The van der Waals surface area contributed by atoms with Crippen LogP contribution in [0.2, 0.25) is 0 Å². The van der Waals surface area contributed by atoms with Crippen molar-refractivity contribution < 1.29 is 19.4 Å². The highest BCUT2D eigenvalue weighted by Crippen LogP contribution is 2.22. The number of para-hydroxylation sites is 2. The lowest BCUT2D eigenvalue weighted by Gasteiger charge is -2.18. The van der Waals surface area contributed by atoms with Crippen molar-refractivity contribution in [3.05, 3.63) is 30.2 Å². The number of unbranched alkanes of at least 4 members (excludes halogenated alkanes) is 1. The van der Waals surface area contributed by atoms with Gasteiger partial charge in [-0.3, -0.25) is 4.79 Å². The van der Waals surface area contributed by atoms with Crippen LogP contribution in [0.3, 0.4) is 0 Å². The average Bonchev–Trinajstić information content (AvgIpc) is 3.57. The number of rotatable bonds is 8. The third-order valence-electron chi connectivity index (χ3n) is 6.21. The fraction of sp³-hybridized carbons (Fsp3) is 0.692. The Morgan fingerprint density at radius 3 is 2.53 bits per heavy atom. The molecule has 2 aliphatic rings. The van der Waals surface area contributed by atoms with Gasteiger partial charge in [-0.1, -0.05) is 44.7 Å². The summed E-state index contributed by atoms with van der Waals surface area (Å²) >= 11 is 0. The van der Waals surface area contributed by atoms with E-state index in [4.69, 9.17) is 9.52 Å². The van der Waals surface area contributed by atoms with Crippen LogP contribution in [0, 0.1) is 5.92 Å². The molecule has 192 valence electrons. The van der Waals surface area contributed by atoms with Crippen LogP contribution < -0.4 is 16.0 Å². The van der Waals surface area contributed by atoms with Gasteiger partial charge in [-0.2, -0.15) is 0 Å². The van der Waals surface area contributed by atoms with Crippen molar-refractivity contribution in [2.24, 2.45) is 5.92 Å². The fourth-order valence-electron chi connectivity index (χ4n) is 4.07. The van der Waals surface area contributed by atoms with Gasteiger partial charge in [0.25, 0.3) is 0 Å². The molecule has 1 aromatic heterocycles. The molecule has 0 bridgehead atoms. The van der Waals surface area contributed by atoms with Gasteiger partial charge in [0.1, 0.15) is 11.6 Å². The van der Waals surface area contributed by atoms with Gasteiger partial charge in [0.15, 0.2) is 5.58 Å². The standard InChI is InChI=1S/C14H17N3O3.C7H14O.C5H13N/c18-11(8-16-13(19)10-5-3-7-15-10)14-17-9-4-1-2-6-12(9)20-14;8-6-7-4-2-1-3-5-7;1-3-4-5-6-2/h1-2,4,6,10-11,15,18H,3,5,7-8H2,(H,16,19);7-8H,1-6H2;6H,3-5H2,1-2H3. The minimum Gasteiger partial charge on any atom is -0.438 e. The first-order valence-electron chi connectivity index (χ1n) is 12.9. The SMILES string of the molecule is CCCCNC.O=C(NCC(O)c1nc2ccccc2o1)C1CCCN1.OCC1CCCCC1. The number of benzene rings is 1. The smallest absolute Gasteiger partial charge is 0.237 e. The molecule has 2 unspecified atom stereocenters. The molecule has 0 radical (unpaired) electrons. The number of nitrogens with one attached hydrogen (secondary N) is 3. The molecule has 1 aliphatic heterocycles. The summed E-state index contributed by atoms with van der Waals surface area (Å²) in [7, 11) is 1.98. The highest BCUT2D eigenvalue weighted by atomic mass is 16.4. The lowest BCUT2D eigenvalue weighted by Crippen LogP contribution is -2.41. The first-order chi connectivity index (χ1) is 16.6. The topological polar surface area (TPSA) is 120 Å². The molecule has 1 saturated heterocycles. The van der Waals surface area contributed by atoms with E-state index in [1.54, 1.807) is 6.07 Å². The van der Waals surface area contributed by atoms with Crippen LogP contribution >= 0.6 is 0 Å². The average molecular weight is 477 g/mol. The van der Waals surface area contributed by atoms with Crippen molar-refractivity contribution in [1.82, 2.24) is 20.9 Å². The van der Waals surface area contributed by atoms with Gasteiger partial charge in [0.2, 0.25) is 11.8 Å². The van der Waals surface area contributed by atoms with Crippen LogP contribution in [0.15, 0.2) is 28.7 Å². The zero-order valence-corrected chi connectivity index (χ0v) is 20.9. The van der Waals surface area contributed by atoms with Gasteiger partial charge in [-0.25, -0.2) is 4.98 Å². The third-order valence-corrected chi connectivity index (χ3v) is 6.21. The Labute approximate surface area is 203 Å². The summed E-state index contributed by atoms with van der Waals surface area (Å²) in [6.45, 7) is 4.74. The quantitative estimate of drug-likeness (QED) is 0.371. The van der Waals surface area contributed by atoms with Crippen molar-refractivity contribution in [2.75, 3.05) is 33.3 Å². The number of oxazole rings is 1. The van der Waals surface area contributed by atoms with E-state index in [1.165, 1.54) is 44.9 Å². The predicted molar refractivity (Wildman–Crippen MR) is 135 cm³/mol. The van der Waals surface area contributed by atoms with Gasteiger partial charge in [-0.05, 0) is 70.3 Å². The van der Waals surface area contributed by atoms with Gasteiger partial charge in [-0.15, -0.1) is 0 Å². The number of aromatic nitrogens is 1. The minimum absolute atomic E-state index is 0.0855. The number of aliphatic hydroxyl groups is 2. The number of hydrogen-bond donors (Lipinski definition) is 5. The first-order valence-corrected chi connectivity index (χ1v) is 12.9. The number of carbonyl (C=O) groups excluding carboxylic acids is 1. The Bertz CT molecular complexity index is 764. The van der Waals surface area contributed by atoms with Crippen LogP contribution in [-0.4, -0.2) is 60.4 Å². The maximum Gasteiger partial charge on any atom is 0.237 e. The van der Waals surface area contributed by atoms with Gasteiger partial charge in [0, 0.05) is 6.61 Å². The summed E-state index contributed by atoms with van der Waals surface area (Å²) in [5.41, 5.74) is 1.33. The van der Waals surface area contributed by atoms with Gasteiger partial charge >= 0.3 is 0 Å². The largest absolute Gasteiger partial charge is 0.438 e. The Balaban J connectivity index is 0.000000240. The molecule has 1 aromatic carbocycles. The van der Waals surface area contributed by atoms with Crippen molar-refractivity contribution >= 4 is 17.0 Å². The molecular formula is C26H44N4O4. The number of amides is 1. The monoisotopic (exact) mass is 476 g/mol. The Kier molecular flexibility index (Phi) is 13.8. The van der Waals surface area contributed by atoms with Crippen molar-refractivity contribution in [1.29, 1.82) is 0 Å². The third kappa shape index (κ3) is 10.1. The molecular weight excluding hydrogens is 432 g/mol. The van der Waals surface area contributed by atoms with Crippen molar-refractivity contribution in [3.8, 4) is 0 Å². The molecule has 1 aliphatic carbocycles. The van der Waals surface area contributed by atoms with E-state index < -0.39 is 6.10 Å². The number of hydrogen-bond acceptors (Lipinski definition) is 7. The van der Waals surface area contributed by atoms with Gasteiger partial charge < -0.3 is 30.6 Å². The highest BCUT2D eigenvalue weighted by molar-refractivity contribution is 5.82. The van der Waals surface area contributed by atoms with E-state index in [-0.39, 0.29) is 24.4 Å². The normalized spacial score (nSPS) is 19.0. The van der Waals surface area contributed by atoms with Crippen LogP contribution in [0.5, 0.6) is 0 Å². The summed E-state index contributed by atoms with van der Waals surface area (Å²) in [6.07, 6.45) is 10.1. The Hall–Kier alpha value is -2.00. The Morgan fingerprint density at radius 1 is 1.21 bits per heavy atom. The molecule has 8 nitrogen and oxygen atoms in total. The predicted octanol–water partition coefficient (Wildman–Crippen LogP) is 3.29. The maximum absolute atomic E-state index is 11.8. The van der Waals surface area contributed by atoms with Crippen LogP contribution in [0.1, 0.15) is 76.7 Å². The van der Waals surface area contributed by atoms with Crippen molar-refractivity contribution in [3.63, 3.8) is 0 Å². The van der Waals surface area contributed by atoms with E-state index >= 15 is 0 Å². The summed E-state index contributed by atoms with van der Waals surface area (Å²) < 4.78 is 5.46. The molecule has 0 spiro atoms. The summed E-state index contributed by atoms with van der Waals surface area (Å²) in [6, 6.07) is 7.16.